The van der Waals surface area contributed by atoms with Gasteiger partial charge in [-0.1, -0.05) is 40.2 Å². The lowest BCUT2D eigenvalue weighted by molar-refractivity contribution is -0.124. The first-order valence-corrected chi connectivity index (χ1v) is 8.15. The lowest BCUT2D eigenvalue weighted by Crippen LogP contribution is -2.31. The summed E-state index contributed by atoms with van der Waals surface area (Å²) in [6.07, 6.45) is 0. The van der Waals surface area contributed by atoms with Crippen LogP contribution in [0, 0.1) is 12.7 Å². The van der Waals surface area contributed by atoms with Crippen LogP contribution in [0.3, 0.4) is 0 Å². The number of hydrogen-bond donors (Lipinski definition) is 1. The summed E-state index contributed by atoms with van der Waals surface area (Å²) in [6, 6.07) is 11.3. The van der Waals surface area contributed by atoms with Crippen molar-refractivity contribution in [2.75, 3.05) is 6.61 Å². The van der Waals surface area contributed by atoms with Crippen molar-refractivity contribution in [2.24, 2.45) is 0 Å². The van der Waals surface area contributed by atoms with E-state index < -0.39 is 24.3 Å². The molecule has 0 saturated heterocycles. The minimum atomic E-state index is -0.738. The average Bonchev–Trinajstić information content (AvgIpc) is 2.55. The molecule has 0 aliphatic heterocycles. The number of benzene rings is 2. The van der Waals surface area contributed by atoms with Crippen molar-refractivity contribution in [3.63, 3.8) is 0 Å². The van der Waals surface area contributed by atoms with Crippen LogP contribution in [0.5, 0.6) is 0 Å². The van der Waals surface area contributed by atoms with Gasteiger partial charge in [0.2, 0.25) is 0 Å². The summed E-state index contributed by atoms with van der Waals surface area (Å²) in [7, 11) is 0. The highest BCUT2D eigenvalue weighted by Gasteiger charge is 2.15. The highest BCUT2D eigenvalue weighted by atomic mass is 79.9. The Hall–Kier alpha value is -2.21. The summed E-state index contributed by atoms with van der Waals surface area (Å²) in [5, 5.41) is 2.74. The Bertz CT molecular complexity index is 764. The molecule has 6 heteroatoms. The van der Waals surface area contributed by atoms with Gasteiger partial charge < -0.3 is 10.1 Å². The number of ether oxygens (including phenoxy) is 1. The molecule has 0 fully saturated rings. The van der Waals surface area contributed by atoms with Crippen LogP contribution in [0.25, 0.3) is 0 Å². The molecule has 0 spiro atoms. The molecule has 0 unspecified atom stereocenters. The monoisotopic (exact) mass is 393 g/mol. The molecule has 2 aromatic carbocycles. The van der Waals surface area contributed by atoms with Gasteiger partial charge in [-0.05, 0) is 43.2 Å². The maximum Gasteiger partial charge on any atom is 0.338 e. The molecule has 2 aromatic rings. The summed E-state index contributed by atoms with van der Waals surface area (Å²) in [5.74, 6) is -1.66. The Labute approximate surface area is 148 Å². The molecular weight excluding hydrogens is 377 g/mol. The predicted octanol–water partition coefficient (Wildman–Crippen LogP) is 3.93. The van der Waals surface area contributed by atoms with Gasteiger partial charge >= 0.3 is 5.97 Å². The fourth-order valence-corrected chi connectivity index (χ4v) is 2.75. The standard InChI is InChI=1S/C18H17BrFNO3/c1-11-7-8-13(9-16(11)20)18(23)24-10-17(22)21-12(2)14-5-3-4-6-15(14)19/h3-9,12H,10H2,1-2H3,(H,21,22)/t12-/m0/s1. The van der Waals surface area contributed by atoms with Crippen LogP contribution >= 0.6 is 15.9 Å². The predicted molar refractivity (Wildman–Crippen MR) is 92.1 cm³/mol. The van der Waals surface area contributed by atoms with Crippen LogP contribution in [0.4, 0.5) is 4.39 Å². The zero-order valence-corrected chi connectivity index (χ0v) is 14.9. The molecule has 24 heavy (non-hydrogen) atoms. The second-order valence-electron chi connectivity index (χ2n) is 5.35. The quantitative estimate of drug-likeness (QED) is 0.782. The van der Waals surface area contributed by atoms with Gasteiger partial charge in [0.1, 0.15) is 5.82 Å². The van der Waals surface area contributed by atoms with E-state index in [-0.39, 0.29) is 11.6 Å². The summed E-state index contributed by atoms with van der Waals surface area (Å²) in [4.78, 5) is 23.8. The zero-order valence-electron chi connectivity index (χ0n) is 13.3. The first-order chi connectivity index (χ1) is 11.4. The van der Waals surface area contributed by atoms with Crippen molar-refractivity contribution < 1.29 is 18.7 Å². The van der Waals surface area contributed by atoms with Gasteiger partial charge in [-0.25, -0.2) is 9.18 Å². The van der Waals surface area contributed by atoms with E-state index in [0.717, 1.165) is 16.1 Å². The third-order valence-electron chi connectivity index (χ3n) is 3.49. The van der Waals surface area contributed by atoms with E-state index in [0.29, 0.717) is 5.56 Å². The smallest absolute Gasteiger partial charge is 0.338 e. The minimum absolute atomic E-state index is 0.0738. The van der Waals surface area contributed by atoms with Crippen LogP contribution in [0.15, 0.2) is 46.9 Å². The van der Waals surface area contributed by atoms with E-state index in [4.69, 9.17) is 4.74 Å². The molecule has 0 aliphatic carbocycles. The summed E-state index contributed by atoms with van der Waals surface area (Å²) < 4.78 is 19.2. The maximum absolute atomic E-state index is 13.4. The number of hydrogen-bond acceptors (Lipinski definition) is 3. The molecule has 126 valence electrons. The molecule has 0 aliphatic rings. The highest BCUT2D eigenvalue weighted by molar-refractivity contribution is 9.10. The number of carbonyl (C=O) groups is 2. The van der Waals surface area contributed by atoms with Gasteiger partial charge in [-0.3, -0.25) is 4.79 Å². The van der Waals surface area contributed by atoms with E-state index in [1.54, 1.807) is 6.92 Å². The van der Waals surface area contributed by atoms with Crippen LogP contribution in [-0.4, -0.2) is 18.5 Å². The van der Waals surface area contributed by atoms with Gasteiger partial charge in [-0.2, -0.15) is 0 Å². The summed E-state index contributed by atoms with van der Waals surface area (Å²) in [5.41, 5.74) is 1.43. The molecule has 1 amide bonds. The second-order valence-corrected chi connectivity index (χ2v) is 6.21. The second kappa shape index (κ2) is 8.06. The molecule has 0 saturated carbocycles. The molecular formula is C18H17BrFNO3. The third-order valence-corrected chi connectivity index (χ3v) is 4.21. The Morgan fingerprint density at radius 3 is 2.62 bits per heavy atom. The zero-order chi connectivity index (χ0) is 17.7. The van der Waals surface area contributed by atoms with Gasteiger partial charge in [0.15, 0.2) is 6.61 Å². The number of nitrogens with one attached hydrogen (secondary N) is 1. The molecule has 0 heterocycles. The molecule has 0 bridgehead atoms. The first-order valence-electron chi connectivity index (χ1n) is 7.35. The van der Waals surface area contributed by atoms with E-state index >= 15 is 0 Å². The molecule has 1 N–H and O–H groups in total. The third kappa shape index (κ3) is 4.64. The van der Waals surface area contributed by atoms with Crippen molar-refractivity contribution in [3.8, 4) is 0 Å². The molecule has 0 aromatic heterocycles. The fourth-order valence-electron chi connectivity index (χ4n) is 2.12. The topological polar surface area (TPSA) is 55.4 Å². The Balaban J connectivity index is 1.89. The number of carbonyl (C=O) groups excluding carboxylic acids is 2. The van der Waals surface area contributed by atoms with Crippen molar-refractivity contribution in [1.29, 1.82) is 0 Å². The van der Waals surface area contributed by atoms with Gasteiger partial charge in [0.25, 0.3) is 5.91 Å². The summed E-state index contributed by atoms with van der Waals surface area (Å²) in [6.45, 7) is 3.00. The van der Waals surface area contributed by atoms with Crippen LogP contribution < -0.4 is 5.32 Å². The minimum Gasteiger partial charge on any atom is -0.452 e. The average molecular weight is 394 g/mol. The van der Waals surface area contributed by atoms with E-state index in [2.05, 4.69) is 21.2 Å². The number of esters is 1. The highest BCUT2D eigenvalue weighted by Crippen LogP contribution is 2.22. The molecule has 4 nitrogen and oxygen atoms in total. The SMILES string of the molecule is Cc1ccc(C(=O)OCC(=O)N[C@@H](C)c2ccccc2Br)cc1F. The molecule has 1 atom stereocenters. The molecule has 2 rings (SSSR count). The van der Waals surface area contributed by atoms with Crippen molar-refractivity contribution in [3.05, 3.63) is 69.4 Å². The van der Waals surface area contributed by atoms with Crippen molar-refractivity contribution >= 4 is 27.8 Å². The van der Waals surface area contributed by atoms with Crippen LogP contribution in [0.2, 0.25) is 0 Å². The van der Waals surface area contributed by atoms with Crippen molar-refractivity contribution in [2.45, 2.75) is 19.9 Å². The maximum atomic E-state index is 13.4. The van der Waals surface area contributed by atoms with Crippen LogP contribution in [-0.2, 0) is 9.53 Å². The first kappa shape index (κ1) is 18.1. The number of halogens is 2. The normalized spacial score (nSPS) is 11.7. The van der Waals surface area contributed by atoms with Gasteiger partial charge in [0.05, 0.1) is 11.6 Å². The Morgan fingerprint density at radius 2 is 1.96 bits per heavy atom. The van der Waals surface area contributed by atoms with E-state index in [1.807, 2.05) is 31.2 Å². The largest absolute Gasteiger partial charge is 0.452 e. The van der Waals surface area contributed by atoms with Gasteiger partial charge in [-0.15, -0.1) is 0 Å². The lowest BCUT2D eigenvalue weighted by Gasteiger charge is -2.15. The van der Waals surface area contributed by atoms with E-state index in [9.17, 15) is 14.0 Å². The van der Waals surface area contributed by atoms with Crippen LogP contribution in [0.1, 0.15) is 34.5 Å². The Kier molecular flexibility index (Phi) is 6.09. The van der Waals surface area contributed by atoms with Gasteiger partial charge in [0, 0.05) is 4.47 Å². The number of aryl methyl sites for hydroxylation is 1. The lowest BCUT2D eigenvalue weighted by atomic mass is 10.1. The Morgan fingerprint density at radius 1 is 1.25 bits per heavy atom. The van der Waals surface area contributed by atoms with Crippen molar-refractivity contribution in [1.82, 2.24) is 5.32 Å². The summed E-state index contributed by atoms with van der Waals surface area (Å²) >= 11 is 3.42. The molecule has 0 radical (unpaired) electrons. The fraction of sp³-hybridized carbons (Fsp3) is 0.222. The number of rotatable bonds is 5. The van der Waals surface area contributed by atoms with E-state index in [1.165, 1.54) is 12.1 Å². The number of amides is 1.